The molecule has 1 aliphatic carbocycles. The number of hydrogen-bond acceptors (Lipinski definition) is 3. The van der Waals surface area contributed by atoms with Crippen molar-refractivity contribution in [3.05, 3.63) is 11.6 Å². The Labute approximate surface area is 84.1 Å². The fraction of sp³-hybridized carbons (Fsp3) is 0.636. The first-order chi connectivity index (χ1) is 6.33. The molecule has 0 radical (unpaired) electrons. The normalized spacial score (nSPS) is 25.6. The summed E-state index contributed by atoms with van der Waals surface area (Å²) in [5, 5.41) is 0. The third-order valence-corrected chi connectivity index (χ3v) is 2.54. The van der Waals surface area contributed by atoms with E-state index in [1.807, 2.05) is 20.8 Å². The van der Waals surface area contributed by atoms with E-state index in [4.69, 9.17) is 4.74 Å². The maximum atomic E-state index is 11.5. The van der Waals surface area contributed by atoms with Gasteiger partial charge in [-0.15, -0.1) is 0 Å². The Bertz CT molecular complexity index is 300. The van der Waals surface area contributed by atoms with Crippen LogP contribution in [0.4, 0.5) is 0 Å². The van der Waals surface area contributed by atoms with Gasteiger partial charge in [-0.2, -0.15) is 0 Å². The lowest BCUT2D eigenvalue weighted by molar-refractivity contribution is -0.147. The Morgan fingerprint density at radius 3 is 2.64 bits per heavy atom. The molecular weight excluding hydrogens is 180 g/mol. The van der Waals surface area contributed by atoms with E-state index in [1.54, 1.807) is 6.08 Å². The van der Waals surface area contributed by atoms with Crippen molar-refractivity contribution in [1.29, 1.82) is 0 Å². The molecule has 1 rings (SSSR count). The highest BCUT2D eigenvalue weighted by Crippen LogP contribution is 2.33. The molecule has 0 N–H and O–H groups in total. The minimum atomic E-state index is -0.417. The van der Waals surface area contributed by atoms with Crippen LogP contribution < -0.4 is 0 Å². The van der Waals surface area contributed by atoms with Gasteiger partial charge in [-0.05, 0) is 18.6 Å². The first-order valence-corrected chi connectivity index (χ1v) is 4.73. The summed E-state index contributed by atoms with van der Waals surface area (Å²) < 4.78 is 5.13. The summed E-state index contributed by atoms with van der Waals surface area (Å²) in [5.74, 6) is -0.189. The Morgan fingerprint density at radius 2 is 2.14 bits per heavy atom. The van der Waals surface area contributed by atoms with Gasteiger partial charge < -0.3 is 4.74 Å². The molecule has 0 aliphatic heterocycles. The summed E-state index contributed by atoms with van der Waals surface area (Å²) in [6.07, 6.45) is 1.92. The number of hydrogen-bond donors (Lipinski definition) is 0. The largest absolute Gasteiger partial charge is 0.458 e. The number of carbonyl (C=O) groups is 2. The van der Waals surface area contributed by atoms with Crippen LogP contribution in [-0.2, 0) is 14.3 Å². The lowest BCUT2D eigenvalue weighted by atomic mass is 9.76. The quantitative estimate of drug-likeness (QED) is 0.601. The monoisotopic (exact) mass is 196 g/mol. The van der Waals surface area contributed by atoms with Gasteiger partial charge in [0.15, 0.2) is 5.78 Å². The molecule has 0 aromatic carbocycles. The van der Waals surface area contributed by atoms with Crippen LogP contribution in [0.25, 0.3) is 0 Å². The van der Waals surface area contributed by atoms with Crippen LogP contribution in [0.1, 0.15) is 34.1 Å². The molecule has 0 heterocycles. The Kier molecular flexibility index (Phi) is 2.79. The van der Waals surface area contributed by atoms with Crippen molar-refractivity contribution >= 4 is 11.8 Å². The average molecular weight is 196 g/mol. The lowest BCUT2D eigenvalue weighted by Gasteiger charge is -2.32. The Morgan fingerprint density at radius 1 is 1.57 bits per heavy atom. The predicted octanol–water partition coefficient (Wildman–Crippen LogP) is 1.86. The van der Waals surface area contributed by atoms with Crippen molar-refractivity contribution in [1.82, 2.24) is 0 Å². The third-order valence-electron chi connectivity index (χ3n) is 2.54. The zero-order valence-corrected chi connectivity index (χ0v) is 9.09. The summed E-state index contributed by atoms with van der Waals surface area (Å²) in [7, 11) is 0. The average Bonchev–Trinajstić information content (AvgIpc) is 1.99. The van der Waals surface area contributed by atoms with Gasteiger partial charge in [-0.25, -0.2) is 0 Å². The van der Waals surface area contributed by atoms with Crippen molar-refractivity contribution < 1.29 is 14.3 Å². The van der Waals surface area contributed by atoms with E-state index < -0.39 is 5.41 Å². The van der Waals surface area contributed by atoms with Gasteiger partial charge in [0.25, 0.3) is 0 Å². The molecule has 14 heavy (non-hydrogen) atoms. The molecule has 0 saturated heterocycles. The second-order valence-electron chi connectivity index (χ2n) is 4.44. The number of allylic oxidation sites excluding steroid dienone is 1. The van der Waals surface area contributed by atoms with Crippen molar-refractivity contribution in [2.75, 3.05) is 0 Å². The second kappa shape index (κ2) is 3.56. The first-order valence-electron chi connectivity index (χ1n) is 4.73. The van der Waals surface area contributed by atoms with Gasteiger partial charge in [0.05, 0.1) is 0 Å². The standard InChI is InChI=1S/C11H16O3/c1-7-5-10(13)11(3,4)6-9(7)14-8(2)12/h5,9H,6H2,1-4H3. The minimum Gasteiger partial charge on any atom is -0.458 e. The highest BCUT2D eigenvalue weighted by molar-refractivity contribution is 5.96. The fourth-order valence-corrected chi connectivity index (χ4v) is 1.56. The number of carbonyl (C=O) groups excluding carboxylic acids is 2. The molecule has 0 amide bonds. The predicted molar refractivity (Wildman–Crippen MR) is 52.7 cm³/mol. The van der Waals surface area contributed by atoms with Crippen LogP contribution in [0.2, 0.25) is 0 Å². The van der Waals surface area contributed by atoms with Gasteiger partial charge in [0.2, 0.25) is 0 Å². The molecule has 0 aromatic rings. The summed E-state index contributed by atoms with van der Waals surface area (Å²) in [4.78, 5) is 22.4. The number of rotatable bonds is 1. The number of esters is 1. The smallest absolute Gasteiger partial charge is 0.303 e. The van der Waals surface area contributed by atoms with Crippen molar-refractivity contribution in [2.24, 2.45) is 5.41 Å². The molecule has 0 aromatic heterocycles. The van der Waals surface area contributed by atoms with Crippen LogP contribution in [0.15, 0.2) is 11.6 Å². The molecule has 3 nitrogen and oxygen atoms in total. The van der Waals surface area contributed by atoms with Crippen molar-refractivity contribution in [3.8, 4) is 0 Å². The fourth-order valence-electron chi connectivity index (χ4n) is 1.56. The van der Waals surface area contributed by atoms with Gasteiger partial charge in [-0.3, -0.25) is 9.59 Å². The van der Waals surface area contributed by atoms with E-state index in [0.717, 1.165) is 5.57 Å². The van der Waals surface area contributed by atoms with E-state index in [9.17, 15) is 9.59 Å². The van der Waals surface area contributed by atoms with Gasteiger partial charge in [0, 0.05) is 18.8 Å². The Balaban J connectivity index is 2.86. The topological polar surface area (TPSA) is 43.4 Å². The third kappa shape index (κ3) is 2.22. The molecule has 3 heteroatoms. The zero-order chi connectivity index (χ0) is 10.9. The van der Waals surface area contributed by atoms with Crippen LogP contribution in [-0.4, -0.2) is 17.9 Å². The molecular formula is C11H16O3. The Hall–Kier alpha value is -1.12. The van der Waals surface area contributed by atoms with E-state index >= 15 is 0 Å². The summed E-state index contributed by atoms with van der Waals surface area (Å²) >= 11 is 0. The molecule has 0 saturated carbocycles. The molecule has 1 aliphatic rings. The summed E-state index contributed by atoms with van der Waals surface area (Å²) in [6, 6.07) is 0. The highest BCUT2D eigenvalue weighted by Gasteiger charge is 2.35. The van der Waals surface area contributed by atoms with E-state index in [0.29, 0.717) is 6.42 Å². The molecule has 0 spiro atoms. The molecule has 1 atom stereocenters. The number of ether oxygens (including phenoxy) is 1. The molecule has 78 valence electrons. The maximum absolute atomic E-state index is 11.5. The molecule has 1 unspecified atom stereocenters. The highest BCUT2D eigenvalue weighted by atomic mass is 16.5. The van der Waals surface area contributed by atoms with Crippen LogP contribution in [0.3, 0.4) is 0 Å². The second-order valence-corrected chi connectivity index (χ2v) is 4.44. The van der Waals surface area contributed by atoms with Gasteiger partial charge in [0.1, 0.15) is 6.10 Å². The van der Waals surface area contributed by atoms with Crippen molar-refractivity contribution in [2.45, 2.75) is 40.2 Å². The van der Waals surface area contributed by atoms with Crippen molar-refractivity contribution in [3.63, 3.8) is 0 Å². The maximum Gasteiger partial charge on any atom is 0.303 e. The SMILES string of the molecule is CC(=O)OC1CC(C)(C)C(=O)C=C1C. The first kappa shape index (κ1) is 11.0. The van der Waals surface area contributed by atoms with Crippen LogP contribution in [0, 0.1) is 5.41 Å². The minimum absolute atomic E-state index is 0.110. The van der Waals surface area contributed by atoms with Crippen LogP contribution >= 0.6 is 0 Å². The summed E-state index contributed by atoms with van der Waals surface area (Å²) in [6.45, 7) is 6.95. The van der Waals surface area contributed by atoms with E-state index in [2.05, 4.69) is 0 Å². The van der Waals surface area contributed by atoms with Crippen LogP contribution in [0.5, 0.6) is 0 Å². The lowest BCUT2D eigenvalue weighted by Crippen LogP contribution is -2.35. The molecule has 0 bridgehead atoms. The van der Waals surface area contributed by atoms with E-state index in [1.165, 1.54) is 6.92 Å². The zero-order valence-electron chi connectivity index (χ0n) is 9.09. The number of ketones is 1. The molecule has 0 fully saturated rings. The van der Waals surface area contributed by atoms with Gasteiger partial charge in [-0.1, -0.05) is 13.8 Å². The van der Waals surface area contributed by atoms with E-state index in [-0.39, 0.29) is 17.9 Å². The van der Waals surface area contributed by atoms with Gasteiger partial charge >= 0.3 is 5.97 Å². The summed E-state index contributed by atoms with van der Waals surface area (Å²) in [5.41, 5.74) is 0.420.